The highest BCUT2D eigenvalue weighted by Gasteiger charge is 2.04. The Morgan fingerprint density at radius 1 is 1.33 bits per heavy atom. The number of aryl methyl sites for hydroxylation is 2. The lowest BCUT2D eigenvalue weighted by Crippen LogP contribution is -2.23. The molecule has 2 heterocycles. The van der Waals surface area contributed by atoms with Crippen molar-refractivity contribution in [1.82, 2.24) is 9.99 Å². The third kappa shape index (κ3) is 3.05. The van der Waals surface area contributed by atoms with Crippen LogP contribution in [0.1, 0.15) is 12.2 Å². The van der Waals surface area contributed by atoms with Crippen LogP contribution in [0.25, 0.3) is 10.2 Å². The first-order valence-electron chi connectivity index (χ1n) is 6.63. The smallest absolute Gasteiger partial charge is 0.240 e. The number of nitrogens with zero attached hydrogens (tertiary/aromatic N) is 2. The van der Waals surface area contributed by atoms with E-state index < -0.39 is 0 Å². The fraction of sp³-hybridized carbons (Fsp3) is 0.200. The molecule has 5 nitrogen and oxygen atoms in total. The topological polar surface area (TPSA) is 59.5 Å². The van der Waals surface area contributed by atoms with Gasteiger partial charge in [0.05, 0.1) is 16.5 Å². The third-order valence-corrected chi connectivity index (χ3v) is 4.28. The Labute approximate surface area is 125 Å². The van der Waals surface area contributed by atoms with Crippen LogP contribution in [0.4, 0.5) is 0 Å². The van der Waals surface area contributed by atoms with E-state index in [2.05, 4.69) is 10.5 Å². The Morgan fingerprint density at radius 3 is 2.95 bits per heavy atom. The van der Waals surface area contributed by atoms with Crippen molar-refractivity contribution in [3.63, 3.8) is 0 Å². The normalized spacial score (nSPS) is 12.0. The van der Waals surface area contributed by atoms with E-state index in [0.717, 1.165) is 20.8 Å². The average Bonchev–Trinajstić information content (AvgIpc) is 3.12. The maximum absolute atomic E-state index is 11.8. The molecule has 3 rings (SSSR count). The molecule has 21 heavy (non-hydrogen) atoms. The maximum Gasteiger partial charge on any atom is 0.240 e. The number of hydrogen-bond donors (Lipinski definition) is 1. The molecule has 0 atom stereocenters. The van der Waals surface area contributed by atoms with Gasteiger partial charge in [0.2, 0.25) is 10.7 Å². The first-order valence-corrected chi connectivity index (χ1v) is 7.45. The van der Waals surface area contributed by atoms with Crippen molar-refractivity contribution < 1.29 is 9.21 Å². The minimum atomic E-state index is -0.121. The molecule has 0 saturated carbocycles. The standard InChI is InChI=1S/C15H15N3O2S/c1-18-12-6-2-3-7-13(12)21-15(18)17-16-14(19)9-8-11-5-4-10-20-11/h2-7,10H,8-9H2,1H3,(H,16,19). The second kappa shape index (κ2) is 5.97. The molecule has 0 spiro atoms. The lowest BCUT2D eigenvalue weighted by molar-refractivity contribution is -0.121. The zero-order valence-electron chi connectivity index (χ0n) is 11.6. The molecule has 6 heteroatoms. The molecule has 0 aliphatic carbocycles. The van der Waals surface area contributed by atoms with Crippen LogP contribution in [-0.2, 0) is 18.3 Å². The summed E-state index contributed by atoms with van der Waals surface area (Å²) in [7, 11) is 1.94. The second-order valence-corrected chi connectivity index (χ2v) is 5.65. The van der Waals surface area contributed by atoms with Crippen LogP contribution in [0.5, 0.6) is 0 Å². The van der Waals surface area contributed by atoms with Crippen LogP contribution in [0.15, 0.2) is 52.2 Å². The number of furan rings is 1. The monoisotopic (exact) mass is 301 g/mol. The van der Waals surface area contributed by atoms with Crippen molar-refractivity contribution >= 4 is 27.5 Å². The molecular weight excluding hydrogens is 286 g/mol. The third-order valence-electron chi connectivity index (χ3n) is 3.17. The Bertz CT molecular complexity index is 815. The SMILES string of the molecule is Cn1c(=NNC(=O)CCc2ccco2)sc2ccccc21. The predicted octanol–water partition coefficient (Wildman–Crippen LogP) is 2.40. The molecule has 0 radical (unpaired) electrons. The van der Waals surface area contributed by atoms with Crippen LogP contribution < -0.4 is 10.2 Å². The average molecular weight is 301 g/mol. The van der Waals surface area contributed by atoms with E-state index in [0.29, 0.717) is 12.8 Å². The van der Waals surface area contributed by atoms with Crippen molar-refractivity contribution in [3.8, 4) is 0 Å². The summed E-state index contributed by atoms with van der Waals surface area (Å²) in [4.78, 5) is 12.6. The van der Waals surface area contributed by atoms with Gasteiger partial charge in [-0.2, -0.15) is 0 Å². The summed E-state index contributed by atoms with van der Waals surface area (Å²) in [5, 5.41) is 4.19. The van der Waals surface area contributed by atoms with Crippen molar-refractivity contribution in [1.29, 1.82) is 0 Å². The molecule has 3 aromatic rings. The summed E-state index contributed by atoms with van der Waals surface area (Å²) in [6, 6.07) is 11.7. The molecular formula is C15H15N3O2S. The number of para-hydroxylation sites is 1. The van der Waals surface area contributed by atoms with Gasteiger partial charge in [0.15, 0.2) is 0 Å². The number of nitrogens with one attached hydrogen (secondary N) is 1. The van der Waals surface area contributed by atoms with E-state index in [-0.39, 0.29) is 5.91 Å². The van der Waals surface area contributed by atoms with Gasteiger partial charge in [0.25, 0.3) is 0 Å². The van der Waals surface area contributed by atoms with Crippen molar-refractivity contribution in [2.24, 2.45) is 12.1 Å². The number of benzene rings is 1. The van der Waals surface area contributed by atoms with Gasteiger partial charge in [-0.05, 0) is 24.3 Å². The van der Waals surface area contributed by atoms with Gasteiger partial charge in [-0.1, -0.05) is 23.5 Å². The van der Waals surface area contributed by atoms with Gasteiger partial charge in [-0.25, -0.2) is 5.43 Å². The molecule has 0 saturated heterocycles. The summed E-state index contributed by atoms with van der Waals surface area (Å²) in [5.74, 6) is 0.682. The highest BCUT2D eigenvalue weighted by molar-refractivity contribution is 7.16. The zero-order valence-corrected chi connectivity index (χ0v) is 12.4. The van der Waals surface area contributed by atoms with Crippen LogP contribution in [0, 0.1) is 0 Å². The summed E-state index contributed by atoms with van der Waals surface area (Å²) in [6.07, 6.45) is 2.54. The number of rotatable bonds is 4. The van der Waals surface area contributed by atoms with Gasteiger partial charge >= 0.3 is 0 Å². The number of amides is 1. The number of hydrogen-bond acceptors (Lipinski definition) is 4. The minimum Gasteiger partial charge on any atom is -0.469 e. The van der Waals surface area contributed by atoms with Gasteiger partial charge < -0.3 is 8.98 Å². The van der Waals surface area contributed by atoms with E-state index in [9.17, 15) is 4.79 Å². The van der Waals surface area contributed by atoms with E-state index in [1.165, 1.54) is 0 Å². The number of carbonyl (C=O) groups is 1. The predicted molar refractivity (Wildman–Crippen MR) is 81.5 cm³/mol. The lowest BCUT2D eigenvalue weighted by atomic mass is 10.2. The Kier molecular flexibility index (Phi) is 3.87. The van der Waals surface area contributed by atoms with Crippen molar-refractivity contribution in [3.05, 3.63) is 53.2 Å². The number of carbonyl (C=O) groups excluding carboxylic acids is 1. The van der Waals surface area contributed by atoms with Gasteiger partial charge in [0, 0.05) is 19.9 Å². The zero-order chi connectivity index (χ0) is 14.7. The van der Waals surface area contributed by atoms with Crippen LogP contribution >= 0.6 is 11.3 Å². The Balaban J connectivity index is 1.69. The van der Waals surface area contributed by atoms with E-state index in [4.69, 9.17) is 4.42 Å². The number of fused-ring (bicyclic) bond motifs is 1. The quantitative estimate of drug-likeness (QED) is 0.752. The summed E-state index contributed by atoms with van der Waals surface area (Å²) in [5.41, 5.74) is 3.70. The summed E-state index contributed by atoms with van der Waals surface area (Å²) in [6.45, 7) is 0. The number of thiazole rings is 1. The van der Waals surface area contributed by atoms with E-state index in [1.807, 2.05) is 48.0 Å². The second-order valence-electron chi connectivity index (χ2n) is 4.64. The summed E-state index contributed by atoms with van der Waals surface area (Å²) >= 11 is 1.54. The van der Waals surface area contributed by atoms with Crippen molar-refractivity contribution in [2.75, 3.05) is 0 Å². The van der Waals surface area contributed by atoms with Crippen LogP contribution in [0.3, 0.4) is 0 Å². The number of aromatic nitrogens is 1. The Hall–Kier alpha value is -2.34. The van der Waals surface area contributed by atoms with Crippen molar-refractivity contribution in [2.45, 2.75) is 12.8 Å². The first-order chi connectivity index (χ1) is 10.2. The fourth-order valence-electron chi connectivity index (χ4n) is 2.05. The molecule has 0 unspecified atom stereocenters. The molecule has 0 aliphatic rings. The molecule has 1 aromatic carbocycles. The molecule has 0 aliphatic heterocycles. The van der Waals surface area contributed by atoms with Gasteiger partial charge in [-0.3, -0.25) is 4.79 Å². The van der Waals surface area contributed by atoms with Crippen LogP contribution in [-0.4, -0.2) is 10.5 Å². The minimum absolute atomic E-state index is 0.121. The Morgan fingerprint density at radius 2 is 2.19 bits per heavy atom. The first kappa shape index (κ1) is 13.6. The fourth-order valence-corrected chi connectivity index (χ4v) is 3.03. The van der Waals surface area contributed by atoms with E-state index >= 15 is 0 Å². The highest BCUT2D eigenvalue weighted by Crippen LogP contribution is 2.14. The van der Waals surface area contributed by atoms with Gasteiger partial charge in [-0.15, -0.1) is 5.10 Å². The molecule has 1 amide bonds. The van der Waals surface area contributed by atoms with Gasteiger partial charge in [0.1, 0.15) is 5.76 Å². The molecule has 108 valence electrons. The van der Waals surface area contributed by atoms with E-state index in [1.54, 1.807) is 17.6 Å². The lowest BCUT2D eigenvalue weighted by Gasteiger charge is -1.98. The summed E-state index contributed by atoms with van der Waals surface area (Å²) < 4.78 is 8.30. The van der Waals surface area contributed by atoms with Crippen LogP contribution in [0.2, 0.25) is 0 Å². The molecule has 0 bridgehead atoms. The largest absolute Gasteiger partial charge is 0.469 e. The molecule has 0 fully saturated rings. The maximum atomic E-state index is 11.8. The highest BCUT2D eigenvalue weighted by atomic mass is 32.1. The molecule has 2 aromatic heterocycles. The molecule has 1 N–H and O–H groups in total.